The van der Waals surface area contributed by atoms with Gasteiger partial charge in [0.25, 0.3) is 0 Å². The molecule has 4 heteroatoms. The highest BCUT2D eigenvalue weighted by molar-refractivity contribution is 4.67. The zero-order valence-electron chi connectivity index (χ0n) is 13.3. The second-order valence-electron chi connectivity index (χ2n) is 6.27. The van der Waals surface area contributed by atoms with E-state index in [0.717, 1.165) is 39.0 Å². The van der Waals surface area contributed by atoms with Crippen LogP contribution in [-0.4, -0.2) is 50.2 Å². The third-order valence-electron chi connectivity index (χ3n) is 3.55. The van der Waals surface area contributed by atoms with Crippen molar-refractivity contribution >= 4 is 0 Å². The first-order valence-electron chi connectivity index (χ1n) is 8.26. The van der Waals surface area contributed by atoms with E-state index in [4.69, 9.17) is 9.47 Å². The van der Waals surface area contributed by atoms with Crippen LogP contribution in [0.1, 0.15) is 52.4 Å². The second-order valence-corrected chi connectivity index (χ2v) is 6.27. The maximum Gasteiger partial charge on any atom is 0.0897 e. The first-order valence-corrected chi connectivity index (χ1v) is 8.26. The molecule has 1 unspecified atom stereocenters. The standard InChI is InChI=1S/C16H33NO3/c1-14(2)12-19-10-6-9-17-11-15(18)13-20-16-7-4-3-5-8-16/h14-18H,3-13H2,1-2H3. The quantitative estimate of drug-likeness (QED) is 0.573. The van der Waals surface area contributed by atoms with Gasteiger partial charge in [-0.1, -0.05) is 33.1 Å². The van der Waals surface area contributed by atoms with Gasteiger partial charge in [-0.2, -0.15) is 0 Å². The summed E-state index contributed by atoms with van der Waals surface area (Å²) in [5.41, 5.74) is 0. The number of rotatable bonds is 11. The van der Waals surface area contributed by atoms with E-state index in [9.17, 15) is 5.11 Å². The Balaban J connectivity index is 1.85. The normalized spacial score (nSPS) is 18.6. The van der Waals surface area contributed by atoms with E-state index in [2.05, 4.69) is 19.2 Å². The van der Waals surface area contributed by atoms with E-state index < -0.39 is 6.10 Å². The predicted molar refractivity (Wildman–Crippen MR) is 82.0 cm³/mol. The molecule has 20 heavy (non-hydrogen) atoms. The lowest BCUT2D eigenvalue weighted by Crippen LogP contribution is -2.33. The summed E-state index contributed by atoms with van der Waals surface area (Å²) in [7, 11) is 0. The van der Waals surface area contributed by atoms with Crippen molar-refractivity contribution in [2.24, 2.45) is 5.92 Å². The maximum absolute atomic E-state index is 9.84. The lowest BCUT2D eigenvalue weighted by Gasteiger charge is -2.23. The van der Waals surface area contributed by atoms with Crippen LogP contribution in [0.5, 0.6) is 0 Å². The summed E-state index contributed by atoms with van der Waals surface area (Å²) in [4.78, 5) is 0. The fourth-order valence-corrected chi connectivity index (χ4v) is 2.42. The van der Waals surface area contributed by atoms with Crippen LogP contribution < -0.4 is 5.32 Å². The number of aliphatic hydroxyl groups excluding tert-OH is 1. The van der Waals surface area contributed by atoms with Crippen molar-refractivity contribution < 1.29 is 14.6 Å². The Morgan fingerprint density at radius 2 is 1.90 bits per heavy atom. The summed E-state index contributed by atoms with van der Waals surface area (Å²) in [5.74, 6) is 0.599. The third-order valence-corrected chi connectivity index (χ3v) is 3.55. The van der Waals surface area contributed by atoms with Gasteiger partial charge in [-0.15, -0.1) is 0 Å². The first-order chi connectivity index (χ1) is 9.68. The first kappa shape index (κ1) is 17.9. The van der Waals surface area contributed by atoms with Gasteiger partial charge in [-0.25, -0.2) is 0 Å². The molecule has 0 aliphatic heterocycles. The van der Waals surface area contributed by atoms with Crippen LogP contribution in [0.4, 0.5) is 0 Å². The fourth-order valence-electron chi connectivity index (χ4n) is 2.42. The van der Waals surface area contributed by atoms with Crippen molar-refractivity contribution in [3.63, 3.8) is 0 Å². The van der Waals surface area contributed by atoms with Gasteiger partial charge in [0.2, 0.25) is 0 Å². The number of ether oxygens (including phenoxy) is 2. The summed E-state index contributed by atoms with van der Waals surface area (Å²) in [6.07, 6.45) is 7.17. The predicted octanol–water partition coefficient (Wildman–Crippen LogP) is 2.35. The smallest absolute Gasteiger partial charge is 0.0897 e. The fraction of sp³-hybridized carbons (Fsp3) is 1.00. The zero-order valence-corrected chi connectivity index (χ0v) is 13.3. The van der Waals surface area contributed by atoms with Crippen LogP contribution in [0.25, 0.3) is 0 Å². The summed E-state index contributed by atoms with van der Waals surface area (Å²) in [5, 5.41) is 13.1. The SMILES string of the molecule is CC(C)COCCCNCC(O)COC1CCCCC1. The van der Waals surface area contributed by atoms with E-state index in [1.807, 2.05) is 0 Å². The number of hydrogen-bond acceptors (Lipinski definition) is 4. The summed E-state index contributed by atoms with van der Waals surface area (Å²) in [6.45, 7) is 7.89. The molecule has 0 aromatic heterocycles. The average molecular weight is 287 g/mol. The van der Waals surface area contributed by atoms with Crippen LogP contribution in [0.3, 0.4) is 0 Å². The lowest BCUT2D eigenvalue weighted by atomic mass is 9.98. The molecule has 0 spiro atoms. The minimum Gasteiger partial charge on any atom is -0.389 e. The van der Waals surface area contributed by atoms with Crippen LogP contribution in [0.15, 0.2) is 0 Å². The monoisotopic (exact) mass is 287 g/mol. The van der Waals surface area contributed by atoms with E-state index in [-0.39, 0.29) is 0 Å². The van der Waals surface area contributed by atoms with Gasteiger partial charge < -0.3 is 19.9 Å². The van der Waals surface area contributed by atoms with Gasteiger partial charge in [-0.3, -0.25) is 0 Å². The van der Waals surface area contributed by atoms with E-state index in [1.54, 1.807) is 0 Å². The minimum atomic E-state index is -0.395. The summed E-state index contributed by atoms with van der Waals surface area (Å²) >= 11 is 0. The molecule has 2 N–H and O–H groups in total. The van der Waals surface area contributed by atoms with Gasteiger partial charge >= 0.3 is 0 Å². The molecule has 0 bridgehead atoms. The van der Waals surface area contributed by atoms with Crippen molar-refractivity contribution in [1.82, 2.24) is 5.32 Å². The molecule has 1 aliphatic rings. The van der Waals surface area contributed by atoms with Crippen LogP contribution >= 0.6 is 0 Å². The molecule has 1 atom stereocenters. The van der Waals surface area contributed by atoms with Gasteiger partial charge in [0.05, 0.1) is 18.8 Å². The zero-order chi connectivity index (χ0) is 14.6. The Bertz CT molecular complexity index is 218. The number of hydrogen-bond donors (Lipinski definition) is 2. The molecule has 0 amide bonds. The van der Waals surface area contributed by atoms with Gasteiger partial charge in [-0.05, 0) is 31.7 Å². The van der Waals surface area contributed by atoms with Gasteiger partial charge in [0.15, 0.2) is 0 Å². The Kier molecular flexibility index (Phi) is 10.3. The van der Waals surface area contributed by atoms with Crippen molar-refractivity contribution in [2.75, 3.05) is 32.9 Å². The molecule has 4 nitrogen and oxygen atoms in total. The molecule has 0 aromatic rings. The Labute approximate surface area is 124 Å². The molecule has 0 radical (unpaired) electrons. The van der Waals surface area contributed by atoms with E-state index in [0.29, 0.717) is 25.2 Å². The molecular weight excluding hydrogens is 254 g/mol. The summed E-state index contributed by atoms with van der Waals surface area (Å²) < 4.78 is 11.3. The van der Waals surface area contributed by atoms with Crippen LogP contribution in [-0.2, 0) is 9.47 Å². The average Bonchev–Trinajstić information content (AvgIpc) is 2.45. The summed E-state index contributed by atoms with van der Waals surface area (Å²) in [6, 6.07) is 0. The third kappa shape index (κ3) is 9.70. The largest absolute Gasteiger partial charge is 0.389 e. The van der Waals surface area contributed by atoms with Gasteiger partial charge in [0.1, 0.15) is 0 Å². The van der Waals surface area contributed by atoms with Crippen molar-refractivity contribution in [1.29, 1.82) is 0 Å². The van der Waals surface area contributed by atoms with Crippen molar-refractivity contribution in [3.05, 3.63) is 0 Å². The molecule has 1 fully saturated rings. The highest BCUT2D eigenvalue weighted by Gasteiger charge is 2.15. The van der Waals surface area contributed by atoms with Crippen molar-refractivity contribution in [3.8, 4) is 0 Å². The van der Waals surface area contributed by atoms with Gasteiger partial charge in [0, 0.05) is 19.8 Å². The molecule has 1 aliphatic carbocycles. The Morgan fingerprint density at radius 3 is 2.60 bits per heavy atom. The highest BCUT2D eigenvalue weighted by atomic mass is 16.5. The topological polar surface area (TPSA) is 50.7 Å². The maximum atomic E-state index is 9.84. The number of aliphatic hydroxyl groups is 1. The van der Waals surface area contributed by atoms with Crippen LogP contribution in [0, 0.1) is 5.92 Å². The van der Waals surface area contributed by atoms with Crippen molar-refractivity contribution in [2.45, 2.75) is 64.6 Å². The van der Waals surface area contributed by atoms with E-state index >= 15 is 0 Å². The Morgan fingerprint density at radius 1 is 1.15 bits per heavy atom. The minimum absolute atomic E-state index is 0.378. The lowest BCUT2D eigenvalue weighted by molar-refractivity contribution is -0.0230. The molecule has 120 valence electrons. The Hall–Kier alpha value is -0.160. The van der Waals surface area contributed by atoms with E-state index in [1.165, 1.54) is 19.3 Å². The molecule has 1 rings (SSSR count). The number of nitrogens with one attached hydrogen (secondary N) is 1. The van der Waals surface area contributed by atoms with Crippen LogP contribution in [0.2, 0.25) is 0 Å². The second kappa shape index (κ2) is 11.5. The molecule has 0 saturated heterocycles. The molecule has 0 heterocycles. The molecular formula is C16H33NO3. The molecule has 0 aromatic carbocycles. The highest BCUT2D eigenvalue weighted by Crippen LogP contribution is 2.20. The molecule has 1 saturated carbocycles.